The summed E-state index contributed by atoms with van der Waals surface area (Å²) in [6.45, 7) is 5.29. The van der Waals surface area contributed by atoms with Gasteiger partial charge < -0.3 is 4.57 Å². The van der Waals surface area contributed by atoms with Gasteiger partial charge in [-0.2, -0.15) is 18.3 Å². The lowest BCUT2D eigenvalue weighted by Gasteiger charge is -2.08. The maximum Gasteiger partial charge on any atom is 0.417 e. The fourth-order valence-corrected chi connectivity index (χ4v) is 4.32. The highest BCUT2D eigenvalue weighted by Gasteiger charge is 2.33. The van der Waals surface area contributed by atoms with Crippen molar-refractivity contribution >= 4 is 33.5 Å². The van der Waals surface area contributed by atoms with Crippen LogP contribution in [0.3, 0.4) is 0 Å². The lowest BCUT2D eigenvalue weighted by atomic mass is 10.2. The fraction of sp³-hybridized carbons (Fsp3) is 0.350. The molecule has 0 aliphatic carbocycles. The Morgan fingerprint density at radius 3 is 2.56 bits per heavy atom. The van der Waals surface area contributed by atoms with Gasteiger partial charge in [-0.15, -0.1) is 0 Å². The summed E-state index contributed by atoms with van der Waals surface area (Å²) in [6.07, 6.45) is -2.41. The van der Waals surface area contributed by atoms with Crippen molar-refractivity contribution in [3.63, 3.8) is 0 Å². The largest absolute Gasteiger partial charge is 0.417 e. The number of hydrogen-bond acceptors (Lipinski definition) is 7. The number of pyridine rings is 1. The van der Waals surface area contributed by atoms with Crippen LogP contribution in [0.1, 0.15) is 35.5 Å². The molecule has 4 aromatic heterocycles. The summed E-state index contributed by atoms with van der Waals surface area (Å²) in [5.41, 5.74) is 2.55. The number of nitrogens with one attached hydrogen (secondary N) is 1. The number of rotatable bonds is 6. The molecule has 0 saturated carbocycles. The molecule has 10 nitrogen and oxygen atoms in total. The number of alkyl halides is 3. The van der Waals surface area contributed by atoms with Gasteiger partial charge in [-0.3, -0.25) is 13.8 Å². The number of amides is 1. The molecule has 0 aliphatic heterocycles. The van der Waals surface area contributed by atoms with E-state index in [1.54, 1.807) is 27.8 Å². The quantitative estimate of drug-likeness (QED) is 0.409. The van der Waals surface area contributed by atoms with Crippen LogP contribution >= 0.6 is 0 Å². The van der Waals surface area contributed by atoms with Gasteiger partial charge >= 0.3 is 6.18 Å². The summed E-state index contributed by atoms with van der Waals surface area (Å²) in [5.74, 6) is -0.214. The molecule has 0 saturated heterocycles. The number of halogens is 3. The zero-order valence-electron chi connectivity index (χ0n) is 18.6. The van der Waals surface area contributed by atoms with Gasteiger partial charge in [0.2, 0.25) is 0 Å². The van der Waals surface area contributed by atoms with E-state index < -0.39 is 28.4 Å². The van der Waals surface area contributed by atoms with Gasteiger partial charge in [-0.05, 0) is 25.5 Å². The molecule has 1 atom stereocenters. The molecule has 4 heterocycles. The highest BCUT2D eigenvalue weighted by Crippen LogP contribution is 2.34. The molecule has 1 amide bonds. The van der Waals surface area contributed by atoms with Crippen molar-refractivity contribution in [3.05, 3.63) is 35.3 Å². The summed E-state index contributed by atoms with van der Waals surface area (Å²) >= 11 is 0. The van der Waals surface area contributed by atoms with Crippen LogP contribution in [0.25, 0.3) is 28.2 Å². The third-order valence-electron chi connectivity index (χ3n) is 5.06. The number of carbonyl (C=O) groups excluding carboxylic acids is 1. The number of hydroxylamine groups is 1. The SMILES string of the molecule is CCONC(=O)c1c(C)cnc2c(-c3nc4cc(C(F)(F)F)cnc4n3C)c(S(=O)CC)nn12. The van der Waals surface area contributed by atoms with Crippen molar-refractivity contribution in [3.8, 4) is 11.4 Å². The molecule has 0 aliphatic rings. The van der Waals surface area contributed by atoms with E-state index in [9.17, 15) is 22.2 Å². The third-order valence-corrected chi connectivity index (χ3v) is 6.30. The molecule has 14 heteroatoms. The molecule has 0 bridgehead atoms. The van der Waals surface area contributed by atoms with E-state index in [4.69, 9.17) is 4.84 Å². The van der Waals surface area contributed by atoms with Gasteiger partial charge in [0.15, 0.2) is 16.3 Å². The average molecular weight is 495 g/mol. The predicted molar refractivity (Wildman–Crippen MR) is 116 cm³/mol. The van der Waals surface area contributed by atoms with Gasteiger partial charge in [0.05, 0.1) is 28.5 Å². The molecule has 4 aromatic rings. The van der Waals surface area contributed by atoms with Crippen LogP contribution < -0.4 is 5.48 Å². The number of nitrogens with zero attached hydrogens (tertiary/aromatic N) is 6. The summed E-state index contributed by atoms with van der Waals surface area (Å²) in [6, 6.07) is 0.895. The van der Waals surface area contributed by atoms with Crippen LogP contribution in [0.2, 0.25) is 0 Å². The number of hydrogen-bond donors (Lipinski definition) is 1. The topological polar surface area (TPSA) is 116 Å². The highest BCUT2D eigenvalue weighted by molar-refractivity contribution is 7.85. The molecule has 0 spiro atoms. The summed E-state index contributed by atoms with van der Waals surface area (Å²) in [4.78, 5) is 30.4. The van der Waals surface area contributed by atoms with Crippen LogP contribution in [-0.2, 0) is 28.9 Å². The minimum Gasteiger partial charge on any atom is -0.312 e. The second-order valence-electron chi connectivity index (χ2n) is 7.26. The summed E-state index contributed by atoms with van der Waals surface area (Å²) in [7, 11) is -0.0322. The number of imidazole rings is 1. The Kier molecular flexibility index (Phi) is 6.12. The van der Waals surface area contributed by atoms with Crippen LogP contribution in [0, 0.1) is 6.92 Å². The van der Waals surface area contributed by atoms with Crippen molar-refractivity contribution < 1.29 is 27.0 Å². The molecular weight excluding hydrogens is 475 g/mol. The van der Waals surface area contributed by atoms with E-state index in [1.807, 2.05) is 0 Å². The Balaban J connectivity index is 2.02. The lowest BCUT2D eigenvalue weighted by molar-refractivity contribution is -0.137. The lowest BCUT2D eigenvalue weighted by Crippen LogP contribution is -2.27. The van der Waals surface area contributed by atoms with E-state index in [1.165, 1.54) is 15.3 Å². The van der Waals surface area contributed by atoms with Gasteiger partial charge in [0.1, 0.15) is 17.0 Å². The van der Waals surface area contributed by atoms with Gasteiger partial charge in [0, 0.05) is 25.2 Å². The summed E-state index contributed by atoms with van der Waals surface area (Å²) in [5, 5.41) is 4.50. The minimum absolute atomic E-state index is 0.00123. The average Bonchev–Trinajstić information content (AvgIpc) is 3.33. The van der Waals surface area contributed by atoms with E-state index in [0.29, 0.717) is 5.56 Å². The second kappa shape index (κ2) is 8.76. The van der Waals surface area contributed by atoms with Gasteiger partial charge in [0.25, 0.3) is 5.91 Å². The first-order chi connectivity index (χ1) is 16.1. The predicted octanol–water partition coefficient (Wildman–Crippen LogP) is 2.81. The van der Waals surface area contributed by atoms with Crippen LogP contribution in [0.15, 0.2) is 23.5 Å². The Hall–Kier alpha value is -3.39. The van der Waals surface area contributed by atoms with Crippen molar-refractivity contribution in [2.45, 2.75) is 32.0 Å². The van der Waals surface area contributed by atoms with E-state index in [2.05, 4.69) is 25.5 Å². The number of fused-ring (bicyclic) bond motifs is 2. The van der Waals surface area contributed by atoms with E-state index >= 15 is 0 Å². The normalized spacial score (nSPS) is 13.0. The van der Waals surface area contributed by atoms with E-state index in [0.717, 1.165) is 12.3 Å². The highest BCUT2D eigenvalue weighted by atomic mass is 32.2. The van der Waals surface area contributed by atoms with Crippen LogP contribution in [-0.4, -0.2) is 51.6 Å². The standard InChI is InChI=1S/C20H20F3N7O3S/c1-5-33-28-18(31)14-10(3)8-24-16-13(19(27-30(14)16)34(32)6-2)17-26-12-7-11(20(21,22)23)9-25-15(12)29(17)4/h7-9H,5-6H2,1-4H3,(H,28,31). The molecule has 4 rings (SSSR count). The van der Waals surface area contributed by atoms with E-state index in [-0.39, 0.29) is 51.3 Å². The minimum atomic E-state index is -4.58. The Morgan fingerprint density at radius 1 is 1.21 bits per heavy atom. The second-order valence-corrected chi connectivity index (χ2v) is 8.92. The van der Waals surface area contributed by atoms with Crippen molar-refractivity contribution in [1.82, 2.24) is 34.6 Å². The molecule has 0 radical (unpaired) electrons. The maximum absolute atomic E-state index is 13.2. The number of aromatic nitrogens is 6. The van der Waals surface area contributed by atoms with Crippen LogP contribution in [0.4, 0.5) is 13.2 Å². The fourth-order valence-electron chi connectivity index (χ4n) is 3.46. The monoisotopic (exact) mass is 495 g/mol. The van der Waals surface area contributed by atoms with Crippen molar-refractivity contribution in [2.75, 3.05) is 12.4 Å². The first-order valence-electron chi connectivity index (χ1n) is 10.2. The molecule has 0 aromatic carbocycles. The zero-order chi connectivity index (χ0) is 24.8. The first kappa shape index (κ1) is 23.8. The van der Waals surface area contributed by atoms with Gasteiger partial charge in [-0.25, -0.2) is 24.9 Å². The maximum atomic E-state index is 13.2. The molecule has 1 N–H and O–H groups in total. The molecule has 180 valence electrons. The molecular formula is C20H20F3N7O3S. The molecule has 34 heavy (non-hydrogen) atoms. The summed E-state index contributed by atoms with van der Waals surface area (Å²) < 4.78 is 55.2. The number of carbonyl (C=O) groups is 1. The first-order valence-corrected chi connectivity index (χ1v) is 11.5. The third kappa shape index (κ3) is 3.92. The van der Waals surface area contributed by atoms with Gasteiger partial charge in [-0.1, -0.05) is 6.92 Å². The van der Waals surface area contributed by atoms with Crippen LogP contribution in [0.5, 0.6) is 0 Å². The smallest absolute Gasteiger partial charge is 0.312 e. The zero-order valence-corrected chi connectivity index (χ0v) is 19.4. The van der Waals surface area contributed by atoms with Crippen molar-refractivity contribution in [2.24, 2.45) is 7.05 Å². The Morgan fingerprint density at radius 2 is 1.91 bits per heavy atom. The molecule has 0 fully saturated rings. The Bertz CT molecular complexity index is 1450. The number of aryl methyl sites for hydroxylation is 2. The molecule has 1 unspecified atom stereocenters. The van der Waals surface area contributed by atoms with Crippen molar-refractivity contribution in [1.29, 1.82) is 0 Å². The Labute approximate surface area is 193 Å².